The molecule has 90 valence electrons. The van der Waals surface area contributed by atoms with E-state index in [1.807, 2.05) is 13.0 Å². The van der Waals surface area contributed by atoms with Gasteiger partial charge in [0.25, 0.3) is 5.56 Å². The predicted molar refractivity (Wildman–Crippen MR) is 73.3 cm³/mol. The molecule has 18 heavy (non-hydrogen) atoms. The van der Waals surface area contributed by atoms with Crippen molar-refractivity contribution in [1.82, 2.24) is 4.98 Å². The maximum absolute atomic E-state index is 11.9. The van der Waals surface area contributed by atoms with Gasteiger partial charge in [0.05, 0.1) is 5.39 Å². The van der Waals surface area contributed by atoms with Crippen LogP contribution < -0.4 is 5.56 Å². The van der Waals surface area contributed by atoms with Gasteiger partial charge >= 0.3 is 0 Å². The maximum Gasteiger partial charge on any atom is 0.284 e. The number of rotatable bonds is 3. The average molecular weight is 239 g/mol. The Morgan fingerprint density at radius 1 is 1.28 bits per heavy atom. The highest BCUT2D eigenvalue weighted by Crippen LogP contribution is 2.20. The number of hydrogen-bond donors (Lipinski definition) is 0. The molecular weight excluding hydrogens is 226 g/mol. The lowest BCUT2D eigenvalue weighted by atomic mass is 10.1. The molecule has 1 aromatic carbocycles. The van der Waals surface area contributed by atoms with Crippen molar-refractivity contribution in [2.75, 3.05) is 0 Å². The normalized spacial score (nSPS) is 12.1. The molecule has 0 atom stereocenters. The second-order valence-electron chi connectivity index (χ2n) is 3.83. The molecule has 0 saturated heterocycles. The zero-order chi connectivity index (χ0) is 13.1. The summed E-state index contributed by atoms with van der Waals surface area (Å²) in [5.41, 5.74) is 1.75. The second-order valence-corrected chi connectivity index (χ2v) is 3.83. The van der Waals surface area contributed by atoms with Crippen LogP contribution in [0.25, 0.3) is 16.5 Å². The topological polar surface area (TPSA) is 43.1 Å². The van der Waals surface area contributed by atoms with Gasteiger partial charge in [-0.2, -0.15) is 4.98 Å². The van der Waals surface area contributed by atoms with Crippen molar-refractivity contribution >= 4 is 16.5 Å². The standard InChI is InChI=1S/C15H13NO2/c1-4-10(3)11(5-2)15-16-14(17)12-8-6-7-9-13(12)18-15/h4-9H,1-2H2,3H3/b11-10+. The Labute approximate surface area is 105 Å². The first-order chi connectivity index (χ1) is 8.67. The summed E-state index contributed by atoms with van der Waals surface area (Å²) in [6.45, 7) is 9.26. The number of aromatic nitrogens is 1. The number of allylic oxidation sites excluding steroid dienone is 4. The third kappa shape index (κ3) is 2.02. The zero-order valence-corrected chi connectivity index (χ0v) is 10.1. The van der Waals surface area contributed by atoms with Gasteiger partial charge in [-0.15, -0.1) is 0 Å². The van der Waals surface area contributed by atoms with Gasteiger partial charge in [0.1, 0.15) is 5.58 Å². The molecular formula is C15H13NO2. The van der Waals surface area contributed by atoms with Gasteiger partial charge in [0.2, 0.25) is 5.89 Å². The van der Waals surface area contributed by atoms with Gasteiger partial charge in [0, 0.05) is 5.57 Å². The van der Waals surface area contributed by atoms with Crippen LogP contribution >= 0.6 is 0 Å². The van der Waals surface area contributed by atoms with E-state index in [4.69, 9.17) is 4.42 Å². The second kappa shape index (κ2) is 4.84. The lowest BCUT2D eigenvalue weighted by molar-refractivity contribution is 0.559. The van der Waals surface area contributed by atoms with E-state index in [1.165, 1.54) is 0 Å². The fourth-order valence-corrected chi connectivity index (χ4v) is 1.65. The van der Waals surface area contributed by atoms with E-state index >= 15 is 0 Å². The van der Waals surface area contributed by atoms with E-state index in [0.29, 0.717) is 16.5 Å². The molecule has 0 aliphatic rings. The number of para-hydroxylation sites is 1. The summed E-state index contributed by atoms with van der Waals surface area (Å²) in [6, 6.07) is 7.02. The fraction of sp³-hybridized carbons (Fsp3) is 0.0667. The quantitative estimate of drug-likeness (QED) is 0.771. The summed E-state index contributed by atoms with van der Waals surface area (Å²) in [5, 5.41) is 0.473. The molecule has 2 rings (SSSR count). The summed E-state index contributed by atoms with van der Waals surface area (Å²) in [7, 11) is 0. The molecule has 1 aromatic heterocycles. The molecule has 0 bridgehead atoms. The van der Waals surface area contributed by atoms with Gasteiger partial charge < -0.3 is 4.42 Å². The Balaban J connectivity index is 2.78. The molecule has 0 unspecified atom stereocenters. The minimum absolute atomic E-state index is 0.270. The number of benzene rings is 1. The van der Waals surface area contributed by atoms with Crippen LogP contribution in [0, 0.1) is 0 Å². The van der Waals surface area contributed by atoms with Gasteiger partial charge in [-0.25, -0.2) is 0 Å². The Bertz CT molecular complexity index is 708. The molecule has 1 heterocycles. The first kappa shape index (κ1) is 12.0. The van der Waals surface area contributed by atoms with Crippen molar-refractivity contribution in [2.45, 2.75) is 6.92 Å². The van der Waals surface area contributed by atoms with E-state index < -0.39 is 0 Å². The van der Waals surface area contributed by atoms with Crippen LogP contribution in [0.5, 0.6) is 0 Å². The van der Waals surface area contributed by atoms with Crippen LogP contribution in [-0.2, 0) is 0 Å². The highest BCUT2D eigenvalue weighted by Gasteiger charge is 2.09. The minimum atomic E-state index is -0.303. The van der Waals surface area contributed by atoms with E-state index in [9.17, 15) is 4.79 Å². The summed E-state index contributed by atoms with van der Waals surface area (Å²) >= 11 is 0. The summed E-state index contributed by atoms with van der Waals surface area (Å²) in [6.07, 6.45) is 3.28. The molecule has 3 heteroatoms. The van der Waals surface area contributed by atoms with E-state index in [0.717, 1.165) is 5.57 Å². The highest BCUT2D eigenvalue weighted by molar-refractivity contribution is 5.78. The minimum Gasteiger partial charge on any atom is -0.437 e. The average Bonchev–Trinajstić information content (AvgIpc) is 2.39. The Morgan fingerprint density at radius 3 is 2.67 bits per heavy atom. The van der Waals surface area contributed by atoms with Crippen molar-refractivity contribution in [3.8, 4) is 0 Å². The smallest absolute Gasteiger partial charge is 0.284 e. The lowest BCUT2D eigenvalue weighted by Gasteiger charge is -2.04. The molecule has 3 nitrogen and oxygen atoms in total. The van der Waals surface area contributed by atoms with Crippen LogP contribution in [0.3, 0.4) is 0 Å². The summed E-state index contributed by atoms with van der Waals surface area (Å²) < 4.78 is 5.63. The van der Waals surface area contributed by atoms with Gasteiger partial charge in [-0.1, -0.05) is 37.4 Å². The fourth-order valence-electron chi connectivity index (χ4n) is 1.65. The van der Waals surface area contributed by atoms with E-state index in [1.54, 1.807) is 30.4 Å². The molecule has 0 aliphatic heterocycles. The van der Waals surface area contributed by atoms with Crippen LogP contribution in [0.4, 0.5) is 0 Å². The van der Waals surface area contributed by atoms with Crippen LogP contribution in [0.2, 0.25) is 0 Å². The van der Waals surface area contributed by atoms with Crippen molar-refractivity contribution < 1.29 is 4.42 Å². The summed E-state index contributed by atoms with van der Waals surface area (Å²) in [5.74, 6) is 0.270. The monoisotopic (exact) mass is 239 g/mol. The lowest BCUT2D eigenvalue weighted by Crippen LogP contribution is -2.08. The van der Waals surface area contributed by atoms with Crippen LogP contribution in [0.15, 0.2) is 64.4 Å². The third-order valence-electron chi connectivity index (χ3n) is 2.69. The first-order valence-corrected chi connectivity index (χ1v) is 5.53. The van der Waals surface area contributed by atoms with Crippen LogP contribution in [0.1, 0.15) is 12.8 Å². The molecule has 2 aromatic rings. The molecule has 0 amide bonds. The van der Waals surface area contributed by atoms with Crippen molar-refractivity contribution in [3.05, 3.63) is 71.4 Å². The molecule has 0 fully saturated rings. The Hall–Kier alpha value is -2.42. The highest BCUT2D eigenvalue weighted by atomic mass is 16.3. The molecule has 0 N–H and O–H groups in total. The van der Waals surface area contributed by atoms with E-state index in [-0.39, 0.29) is 11.4 Å². The zero-order valence-electron chi connectivity index (χ0n) is 10.1. The molecule has 0 aliphatic carbocycles. The largest absolute Gasteiger partial charge is 0.437 e. The van der Waals surface area contributed by atoms with Gasteiger partial charge in [-0.3, -0.25) is 4.79 Å². The Kier molecular flexibility index (Phi) is 3.24. The maximum atomic E-state index is 11.9. The molecule has 0 saturated carbocycles. The first-order valence-electron chi connectivity index (χ1n) is 5.53. The number of hydrogen-bond acceptors (Lipinski definition) is 3. The summed E-state index contributed by atoms with van der Waals surface area (Å²) in [4.78, 5) is 15.8. The van der Waals surface area contributed by atoms with E-state index in [2.05, 4.69) is 18.1 Å². The molecule has 0 spiro atoms. The van der Waals surface area contributed by atoms with Crippen molar-refractivity contribution in [3.63, 3.8) is 0 Å². The van der Waals surface area contributed by atoms with Gasteiger partial charge in [-0.05, 0) is 24.6 Å². The number of fused-ring (bicyclic) bond motifs is 1. The third-order valence-corrected chi connectivity index (χ3v) is 2.69. The van der Waals surface area contributed by atoms with Gasteiger partial charge in [0.15, 0.2) is 0 Å². The van der Waals surface area contributed by atoms with Crippen LogP contribution in [-0.4, -0.2) is 4.98 Å². The SMILES string of the molecule is C=C/C(C)=C(\C=C)c1nc(=O)c2ccccc2o1. The Morgan fingerprint density at radius 2 is 2.00 bits per heavy atom. The number of nitrogens with zero attached hydrogens (tertiary/aromatic N) is 1. The van der Waals surface area contributed by atoms with Crippen molar-refractivity contribution in [1.29, 1.82) is 0 Å². The predicted octanol–water partition coefficient (Wildman–Crippen LogP) is 3.33. The molecule has 0 radical (unpaired) electrons. The van der Waals surface area contributed by atoms with Crippen molar-refractivity contribution in [2.24, 2.45) is 0 Å².